The van der Waals surface area contributed by atoms with Gasteiger partial charge in [-0.3, -0.25) is 4.21 Å². The fourth-order valence-electron chi connectivity index (χ4n) is 2.21. The van der Waals surface area contributed by atoms with Crippen molar-refractivity contribution in [3.63, 3.8) is 0 Å². The van der Waals surface area contributed by atoms with Crippen LogP contribution in [0.2, 0.25) is 0 Å². The third-order valence-corrected chi connectivity index (χ3v) is 6.04. The number of nitrogens with one attached hydrogen (secondary N) is 1. The Balaban J connectivity index is 2.05. The number of anilines is 1. The average Bonchev–Trinajstić information content (AvgIpc) is 2.79. The highest BCUT2D eigenvalue weighted by Crippen LogP contribution is 2.31. The summed E-state index contributed by atoms with van der Waals surface area (Å²) >= 11 is 1.78. The monoisotopic (exact) mass is 301 g/mol. The lowest BCUT2D eigenvalue weighted by Crippen LogP contribution is -2.37. The molecule has 1 saturated heterocycles. The standard InChI is InChI=1S/C13H23N3OS2/c1-4-5-14-10(2)12-11(3)15-13(18-12)16-6-8-19(17)9-7-16/h10,14H,4-9H2,1-3H3. The minimum absolute atomic E-state index is 0.366. The first-order chi connectivity index (χ1) is 9.11. The van der Waals surface area contributed by atoms with Crippen LogP contribution in [0.25, 0.3) is 0 Å². The van der Waals surface area contributed by atoms with Gasteiger partial charge in [-0.1, -0.05) is 6.92 Å². The lowest BCUT2D eigenvalue weighted by atomic mass is 10.2. The predicted molar refractivity (Wildman–Crippen MR) is 83.6 cm³/mol. The molecule has 1 aliphatic heterocycles. The first kappa shape index (κ1) is 14.9. The molecule has 1 atom stereocenters. The molecule has 0 spiro atoms. The quantitative estimate of drug-likeness (QED) is 0.904. The topological polar surface area (TPSA) is 45.2 Å². The second kappa shape index (κ2) is 6.81. The van der Waals surface area contributed by atoms with E-state index in [1.165, 1.54) is 4.88 Å². The van der Waals surface area contributed by atoms with Gasteiger partial charge in [0.1, 0.15) is 0 Å². The van der Waals surface area contributed by atoms with E-state index < -0.39 is 10.8 Å². The van der Waals surface area contributed by atoms with E-state index in [0.717, 1.165) is 48.4 Å². The van der Waals surface area contributed by atoms with Gasteiger partial charge < -0.3 is 10.2 Å². The molecule has 1 unspecified atom stereocenters. The van der Waals surface area contributed by atoms with Crippen molar-refractivity contribution >= 4 is 27.3 Å². The summed E-state index contributed by atoms with van der Waals surface area (Å²) < 4.78 is 11.4. The summed E-state index contributed by atoms with van der Waals surface area (Å²) in [6, 6.07) is 0.366. The van der Waals surface area contributed by atoms with Crippen molar-refractivity contribution in [2.24, 2.45) is 0 Å². The molecule has 0 saturated carbocycles. The molecule has 6 heteroatoms. The SMILES string of the molecule is CCCNC(C)c1sc(N2CCS(=O)CC2)nc1C. The molecule has 0 bridgehead atoms. The molecule has 19 heavy (non-hydrogen) atoms. The van der Waals surface area contributed by atoms with Crippen molar-refractivity contribution in [1.82, 2.24) is 10.3 Å². The van der Waals surface area contributed by atoms with Crippen molar-refractivity contribution < 1.29 is 4.21 Å². The van der Waals surface area contributed by atoms with E-state index in [1.807, 2.05) is 0 Å². The molecule has 1 N–H and O–H groups in total. The molecular weight excluding hydrogens is 278 g/mol. The first-order valence-corrected chi connectivity index (χ1v) is 9.23. The van der Waals surface area contributed by atoms with Gasteiger partial charge in [0.15, 0.2) is 5.13 Å². The van der Waals surface area contributed by atoms with Crippen LogP contribution in [0.1, 0.15) is 36.9 Å². The zero-order valence-corrected chi connectivity index (χ0v) is 13.6. The van der Waals surface area contributed by atoms with Crippen molar-refractivity contribution in [3.05, 3.63) is 10.6 Å². The number of aryl methyl sites for hydroxylation is 1. The number of thiazole rings is 1. The molecule has 0 radical (unpaired) electrons. The minimum atomic E-state index is -0.623. The third kappa shape index (κ3) is 3.77. The Morgan fingerprint density at radius 2 is 2.16 bits per heavy atom. The summed E-state index contributed by atoms with van der Waals surface area (Å²) in [6.07, 6.45) is 1.15. The third-order valence-electron chi connectivity index (χ3n) is 3.36. The normalized spacial score (nSPS) is 18.8. The second-order valence-electron chi connectivity index (χ2n) is 4.96. The zero-order valence-electron chi connectivity index (χ0n) is 11.9. The van der Waals surface area contributed by atoms with Gasteiger partial charge in [0.2, 0.25) is 0 Å². The lowest BCUT2D eigenvalue weighted by Gasteiger charge is -2.25. The Kier molecular flexibility index (Phi) is 5.36. The van der Waals surface area contributed by atoms with Gasteiger partial charge in [0, 0.05) is 46.3 Å². The number of hydrogen-bond acceptors (Lipinski definition) is 5. The summed E-state index contributed by atoms with van der Waals surface area (Å²) in [4.78, 5) is 8.30. The van der Waals surface area contributed by atoms with Crippen LogP contribution in [-0.2, 0) is 10.8 Å². The molecule has 1 fully saturated rings. The molecule has 0 amide bonds. The van der Waals surface area contributed by atoms with Crippen LogP contribution in [0.5, 0.6) is 0 Å². The fourth-order valence-corrected chi connectivity index (χ4v) is 4.41. The van der Waals surface area contributed by atoms with E-state index in [-0.39, 0.29) is 0 Å². The van der Waals surface area contributed by atoms with Gasteiger partial charge in [-0.25, -0.2) is 4.98 Å². The van der Waals surface area contributed by atoms with Crippen LogP contribution in [-0.4, -0.2) is 40.3 Å². The largest absolute Gasteiger partial charge is 0.346 e. The van der Waals surface area contributed by atoms with E-state index in [0.29, 0.717) is 6.04 Å². The minimum Gasteiger partial charge on any atom is -0.346 e. The smallest absolute Gasteiger partial charge is 0.185 e. The first-order valence-electron chi connectivity index (χ1n) is 6.92. The number of hydrogen-bond donors (Lipinski definition) is 1. The van der Waals surface area contributed by atoms with E-state index in [9.17, 15) is 4.21 Å². The molecule has 0 aromatic carbocycles. The Bertz CT molecular complexity index is 437. The van der Waals surface area contributed by atoms with Crippen molar-refractivity contribution in [2.45, 2.75) is 33.2 Å². The highest BCUT2D eigenvalue weighted by molar-refractivity contribution is 7.85. The molecular formula is C13H23N3OS2. The molecule has 1 aromatic rings. The molecule has 1 aromatic heterocycles. The van der Waals surface area contributed by atoms with E-state index in [1.54, 1.807) is 11.3 Å². The van der Waals surface area contributed by atoms with E-state index in [2.05, 4.69) is 31.0 Å². The van der Waals surface area contributed by atoms with Crippen LogP contribution >= 0.6 is 11.3 Å². The van der Waals surface area contributed by atoms with Crippen LogP contribution < -0.4 is 10.2 Å². The number of aromatic nitrogens is 1. The van der Waals surface area contributed by atoms with Crippen LogP contribution in [0, 0.1) is 6.92 Å². The number of rotatable bonds is 5. The highest BCUT2D eigenvalue weighted by atomic mass is 32.2. The molecule has 1 aliphatic rings. The Labute approximate surface area is 122 Å². The zero-order chi connectivity index (χ0) is 13.8. The highest BCUT2D eigenvalue weighted by Gasteiger charge is 2.21. The van der Waals surface area contributed by atoms with Crippen molar-refractivity contribution in [3.8, 4) is 0 Å². The lowest BCUT2D eigenvalue weighted by molar-refractivity contribution is 0.575. The van der Waals surface area contributed by atoms with E-state index >= 15 is 0 Å². The Morgan fingerprint density at radius 3 is 2.79 bits per heavy atom. The maximum atomic E-state index is 11.4. The maximum absolute atomic E-state index is 11.4. The van der Waals surface area contributed by atoms with Gasteiger partial charge in [0.25, 0.3) is 0 Å². The summed E-state index contributed by atoms with van der Waals surface area (Å²) in [6.45, 7) is 9.24. The number of nitrogens with zero attached hydrogens (tertiary/aromatic N) is 2. The van der Waals surface area contributed by atoms with Crippen LogP contribution in [0.15, 0.2) is 0 Å². The summed E-state index contributed by atoms with van der Waals surface area (Å²) in [5.41, 5.74) is 1.13. The van der Waals surface area contributed by atoms with Gasteiger partial charge in [-0.2, -0.15) is 0 Å². The van der Waals surface area contributed by atoms with E-state index in [4.69, 9.17) is 4.98 Å². The molecule has 0 aliphatic carbocycles. The van der Waals surface area contributed by atoms with Crippen molar-refractivity contribution in [2.75, 3.05) is 36.0 Å². The maximum Gasteiger partial charge on any atom is 0.185 e. The summed E-state index contributed by atoms with van der Waals surface area (Å²) in [5, 5.41) is 4.61. The van der Waals surface area contributed by atoms with Crippen LogP contribution in [0.4, 0.5) is 5.13 Å². The predicted octanol–water partition coefficient (Wildman–Crippen LogP) is 2.08. The summed E-state index contributed by atoms with van der Waals surface area (Å²) in [7, 11) is -0.623. The molecule has 2 heterocycles. The van der Waals surface area contributed by atoms with Gasteiger partial charge >= 0.3 is 0 Å². The fraction of sp³-hybridized carbons (Fsp3) is 0.769. The molecule has 4 nitrogen and oxygen atoms in total. The molecule has 108 valence electrons. The van der Waals surface area contributed by atoms with Gasteiger partial charge in [-0.15, -0.1) is 11.3 Å². The summed E-state index contributed by atoms with van der Waals surface area (Å²) in [5.74, 6) is 1.55. The second-order valence-corrected chi connectivity index (χ2v) is 7.66. The Morgan fingerprint density at radius 1 is 1.47 bits per heavy atom. The van der Waals surface area contributed by atoms with Crippen molar-refractivity contribution in [1.29, 1.82) is 0 Å². The van der Waals surface area contributed by atoms with Gasteiger partial charge in [0.05, 0.1) is 5.69 Å². The molecule has 2 rings (SSSR count). The average molecular weight is 301 g/mol. The Hall–Kier alpha value is -0.460. The van der Waals surface area contributed by atoms with Gasteiger partial charge in [-0.05, 0) is 26.8 Å². The van der Waals surface area contributed by atoms with Crippen LogP contribution in [0.3, 0.4) is 0 Å².